The average molecular weight is 449 g/mol. The van der Waals surface area contributed by atoms with Crippen molar-refractivity contribution in [2.75, 3.05) is 0 Å². The van der Waals surface area contributed by atoms with Crippen molar-refractivity contribution >= 4 is 27.5 Å². The molecule has 10 heteroatoms. The molecule has 0 spiro atoms. The number of halogens is 1. The zero-order valence-electron chi connectivity index (χ0n) is 16.7. The zero-order valence-corrected chi connectivity index (χ0v) is 17.5. The Kier molecular flexibility index (Phi) is 5.03. The molecule has 32 heavy (non-hydrogen) atoms. The maximum Gasteiger partial charge on any atom is 0.230 e. The molecule has 1 amide bonds. The molecule has 0 unspecified atom stereocenters. The lowest BCUT2D eigenvalue weighted by atomic mass is 10.3. The molecular weight excluding hydrogens is 433 g/mol. The van der Waals surface area contributed by atoms with Crippen LogP contribution in [0.15, 0.2) is 46.9 Å². The highest BCUT2D eigenvalue weighted by molar-refractivity contribution is 7.18. The van der Waals surface area contributed by atoms with Crippen LogP contribution in [0.2, 0.25) is 0 Å². The SMILES string of the molecule is N#CC1(NC(=O)Cc2nnc(Cc3nc4ccc(Oc5ccc(F)cc5)cc4s3)o2)CC1. The molecule has 0 saturated heterocycles. The van der Waals surface area contributed by atoms with Crippen LogP contribution in [0.25, 0.3) is 10.2 Å². The van der Waals surface area contributed by atoms with Crippen molar-refractivity contribution in [2.24, 2.45) is 0 Å². The van der Waals surface area contributed by atoms with Gasteiger partial charge in [0.05, 0.1) is 22.7 Å². The number of rotatable bonds is 7. The zero-order chi connectivity index (χ0) is 22.1. The van der Waals surface area contributed by atoms with Crippen LogP contribution in [-0.4, -0.2) is 26.6 Å². The van der Waals surface area contributed by atoms with Crippen molar-refractivity contribution in [3.8, 4) is 17.6 Å². The van der Waals surface area contributed by atoms with Crippen molar-refractivity contribution in [2.45, 2.75) is 31.2 Å². The molecule has 2 aromatic heterocycles. The Labute approximate surface area is 185 Å². The number of carbonyl (C=O) groups is 1. The number of thiazole rings is 1. The number of aromatic nitrogens is 3. The first-order chi connectivity index (χ1) is 15.5. The highest BCUT2D eigenvalue weighted by atomic mass is 32.1. The third-order valence-electron chi connectivity index (χ3n) is 4.92. The van der Waals surface area contributed by atoms with Gasteiger partial charge in [-0.1, -0.05) is 0 Å². The molecule has 0 radical (unpaired) electrons. The summed E-state index contributed by atoms with van der Waals surface area (Å²) in [5, 5.41) is 20.5. The van der Waals surface area contributed by atoms with Crippen LogP contribution in [-0.2, 0) is 17.6 Å². The van der Waals surface area contributed by atoms with Gasteiger partial charge in [0.2, 0.25) is 17.7 Å². The second kappa shape index (κ2) is 8.01. The summed E-state index contributed by atoms with van der Waals surface area (Å²) in [4.78, 5) is 16.6. The quantitative estimate of drug-likeness (QED) is 0.455. The normalized spacial score (nSPS) is 14.1. The highest BCUT2D eigenvalue weighted by Crippen LogP contribution is 2.34. The van der Waals surface area contributed by atoms with Crippen molar-refractivity contribution in [3.05, 3.63) is 65.1 Å². The summed E-state index contributed by atoms with van der Waals surface area (Å²) < 4.78 is 25.3. The number of ether oxygens (including phenoxy) is 1. The third kappa shape index (κ3) is 4.43. The maximum atomic E-state index is 13.1. The number of hydrogen-bond acceptors (Lipinski definition) is 8. The predicted octanol–water partition coefficient (Wildman–Crippen LogP) is 3.92. The standard InChI is InChI=1S/C22H16FN5O3S/c23-13-1-3-14(4-2-13)30-15-5-6-16-17(9-15)32-21(25-16)11-20-28-27-19(31-20)10-18(29)26-22(12-24)7-8-22/h1-6,9H,7-8,10-11H2,(H,26,29). The van der Waals surface area contributed by atoms with E-state index in [9.17, 15) is 9.18 Å². The molecule has 2 aromatic carbocycles. The lowest BCUT2D eigenvalue weighted by Gasteiger charge is -2.06. The van der Waals surface area contributed by atoms with Gasteiger partial charge in [0.1, 0.15) is 34.3 Å². The van der Waals surface area contributed by atoms with E-state index >= 15 is 0 Å². The van der Waals surface area contributed by atoms with Gasteiger partial charge in [0, 0.05) is 6.07 Å². The summed E-state index contributed by atoms with van der Waals surface area (Å²) in [6.45, 7) is 0. The maximum absolute atomic E-state index is 13.1. The van der Waals surface area contributed by atoms with E-state index in [1.807, 2.05) is 12.1 Å². The van der Waals surface area contributed by atoms with E-state index in [1.165, 1.54) is 23.5 Å². The first kappa shape index (κ1) is 20.1. The lowest BCUT2D eigenvalue weighted by molar-refractivity contribution is -0.121. The number of benzene rings is 2. The van der Waals surface area contributed by atoms with Crippen LogP contribution in [0.1, 0.15) is 29.6 Å². The number of nitrogens with one attached hydrogen (secondary N) is 1. The fourth-order valence-electron chi connectivity index (χ4n) is 3.13. The summed E-state index contributed by atoms with van der Waals surface area (Å²) in [7, 11) is 0. The number of fused-ring (bicyclic) bond motifs is 1. The van der Waals surface area contributed by atoms with E-state index in [0.717, 1.165) is 15.2 Å². The Morgan fingerprint density at radius 2 is 1.94 bits per heavy atom. The molecule has 2 heterocycles. The second-order valence-corrected chi connectivity index (χ2v) is 8.59. The highest BCUT2D eigenvalue weighted by Gasteiger charge is 2.44. The molecule has 5 rings (SSSR count). The Morgan fingerprint density at radius 3 is 2.69 bits per heavy atom. The fraction of sp³-hybridized carbons (Fsp3) is 0.227. The van der Waals surface area contributed by atoms with Gasteiger partial charge in [0.25, 0.3) is 0 Å². The molecule has 1 saturated carbocycles. The number of carbonyl (C=O) groups excluding carboxylic acids is 1. The van der Waals surface area contributed by atoms with Gasteiger partial charge in [0.15, 0.2) is 0 Å². The fourth-order valence-corrected chi connectivity index (χ4v) is 4.12. The molecule has 0 bridgehead atoms. The predicted molar refractivity (Wildman–Crippen MR) is 113 cm³/mol. The molecule has 0 aliphatic heterocycles. The topological polar surface area (TPSA) is 114 Å². The molecule has 0 atom stereocenters. The van der Waals surface area contributed by atoms with E-state index in [4.69, 9.17) is 14.4 Å². The van der Waals surface area contributed by atoms with Crippen molar-refractivity contribution in [1.82, 2.24) is 20.5 Å². The first-order valence-corrected chi connectivity index (χ1v) is 10.7. The minimum atomic E-state index is -0.722. The van der Waals surface area contributed by atoms with Crippen molar-refractivity contribution in [1.29, 1.82) is 5.26 Å². The number of amides is 1. The van der Waals surface area contributed by atoms with Crippen LogP contribution in [0.4, 0.5) is 4.39 Å². The van der Waals surface area contributed by atoms with E-state index in [1.54, 1.807) is 18.2 Å². The van der Waals surface area contributed by atoms with Gasteiger partial charge < -0.3 is 14.5 Å². The molecule has 1 aliphatic carbocycles. The van der Waals surface area contributed by atoms with Gasteiger partial charge in [-0.3, -0.25) is 4.79 Å². The summed E-state index contributed by atoms with van der Waals surface area (Å²) in [6, 6.07) is 13.4. The van der Waals surface area contributed by atoms with E-state index < -0.39 is 5.54 Å². The van der Waals surface area contributed by atoms with Crippen LogP contribution in [0.3, 0.4) is 0 Å². The molecule has 4 aromatic rings. The van der Waals surface area contributed by atoms with E-state index in [-0.39, 0.29) is 24.0 Å². The van der Waals surface area contributed by atoms with Gasteiger partial charge in [-0.2, -0.15) is 5.26 Å². The van der Waals surface area contributed by atoms with Crippen LogP contribution in [0.5, 0.6) is 11.5 Å². The van der Waals surface area contributed by atoms with Crippen LogP contribution in [0, 0.1) is 17.1 Å². The van der Waals surface area contributed by atoms with Crippen LogP contribution < -0.4 is 10.1 Å². The smallest absolute Gasteiger partial charge is 0.230 e. The summed E-state index contributed by atoms with van der Waals surface area (Å²) in [5.74, 6) is 1.08. The van der Waals surface area contributed by atoms with Gasteiger partial charge in [-0.25, -0.2) is 9.37 Å². The second-order valence-electron chi connectivity index (χ2n) is 7.48. The number of nitriles is 1. The van der Waals surface area contributed by atoms with Crippen LogP contribution >= 0.6 is 11.3 Å². The molecule has 1 fully saturated rings. The molecule has 1 aliphatic rings. The van der Waals surface area contributed by atoms with Crippen molar-refractivity contribution < 1.29 is 18.3 Å². The Balaban J connectivity index is 1.24. The first-order valence-electron chi connectivity index (χ1n) is 9.87. The van der Waals surface area contributed by atoms with E-state index in [2.05, 4.69) is 26.6 Å². The lowest BCUT2D eigenvalue weighted by Crippen LogP contribution is -2.36. The summed E-state index contributed by atoms with van der Waals surface area (Å²) >= 11 is 1.47. The van der Waals surface area contributed by atoms with E-state index in [0.29, 0.717) is 36.7 Å². The molecule has 1 N–H and O–H groups in total. The molecular formula is C22H16FN5O3S. The monoisotopic (exact) mass is 449 g/mol. The molecule has 160 valence electrons. The Bertz CT molecular complexity index is 1340. The Hall–Kier alpha value is -3.84. The number of hydrogen-bond donors (Lipinski definition) is 1. The average Bonchev–Trinajstić information content (AvgIpc) is 3.21. The largest absolute Gasteiger partial charge is 0.457 e. The summed E-state index contributed by atoms with van der Waals surface area (Å²) in [6.07, 6.45) is 1.60. The number of nitrogens with zero attached hydrogens (tertiary/aromatic N) is 4. The Morgan fingerprint density at radius 1 is 1.19 bits per heavy atom. The minimum absolute atomic E-state index is 0.0691. The molecule has 8 nitrogen and oxygen atoms in total. The van der Waals surface area contributed by atoms with Gasteiger partial charge >= 0.3 is 0 Å². The van der Waals surface area contributed by atoms with Gasteiger partial charge in [-0.05, 0) is 49.2 Å². The minimum Gasteiger partial charge on any atom is -0.457 e. The van der Waals surface area contributed by atoms with Gasteiger partial charge in [-0.15, -0.1) is 21.5 Å². The van der Waals surface area contributed by atoms with Crippen molar-refractivity contribution in [3.63, 3.8) is 0 Å². The summed E-state index contributed by atoms with van der Waals surface area (Å²) in [5.41, 5.74) is 0.0852. The third-order valence-corrected chi connectivity index (χ3v) is 5.94.